The molecule has 1 aliphatic rings. The zero-order valence-electron chi connectivity index (χ0n) is 13.7. The van der Waals surface area contributed by atoms with Gasteiger partial charge in [0.15, 0.2) is 0 Å². The summed E-state index contributed by atoms with van der Waals surface area (Å²) < 4.78 is 0. The molecule has 0 aliphatic carbocycles. The van der Waals surface area contributed by atoms with E-state index in [9.17, 15) is 0 Å². The number of nitrogens with zero attached hydrogens (tertiary/aromatic N) is 1. The molecule has 1 nitrogen and oxygen atoms in total. The van der Waals surface area contributed by atoms with Crippen molar-refractivity contribution in [3.8, 4) is 0 Å². The van der Waals surface area contributed by atoms with Crippen LogP contribution in [-0.4, -0.2) is 6.54 Å². The van der Waals surface area contributed by atoms with Crippen molar-refractivity contribution < 1.29 is 0 Å². The normalized spacial score (nSPS) is 16.5. The van der Waals surface area contributed by atoms with Gasteiger partial charge >= 0.3 is 0 Å². The molecule has 3 aromatic rings. The van der Waals surface area contributed by atoms with Gasteiger partial charge in [-0.15, -0.1) is 0 Å². The first kappa shape index (κ1) is 14.8. The van der Waals surface area contributed by atoms with Gasteiger partial charge in [-0.2, -0.15) is 0 Å². The second-order valence-electron chi connectivity index (χ2n) is 6.25. The van der Waals surface area contributed by atoms with Gasteiger partial charge in [0.1, 0.15) is 0 Å². The Labute approximate surface area is 143 Å². The van der Waals surface area contributed by atoms with E-state index in [1.165, 1.54) is 22.4 Å². The van der Waals surface area contributed by atoms with Gasteiger partial charge in [-0.25, -0.2) is 0 Å². The molecular weight excluding hydrogens is 290 g/mol. The van der Waals surface area contributed by atoms with Crippen molar-refractivity contribution >= 4 is 11.8 Å². The lowest BCUT2D eigenvalue weighted by Crippen LogP contribution is -2.36. The lowest BCUT2D eigenvalue weighted by molar-refractivity contribution is 0.653. The molecule has 0 bridgehead atoms. The summed E-state index contributed by atoms with van der Waals surface area (Å²) in [6.07, 6.45) is 2.99. The molecule has 24 heavy (non-hydrogen) atoms. The standard InChI is InChI=1S/C23H21N/c1-2-18-12-14-20(15-13-18)23-22-11-7-6-8-19(22)16-17-24(23)21-9-4-3-5-10-21/h2-15,23H,1,16-17H2. The predicted octanol–water partition coefficient (Wildman–Crippen LogP) is 5.48. The summed E-state index contributed by atoms with van der Waals surface area (Å²) in [6, 6.07) is 28.6. The van der Waals surface area contributed by atoms with Crippen molar-refractivity contribution in [2.45, 2.75) is 12.5 Å². The summed E-state index contributed by atoms with van der Waals surface area (Å²) in [4.78, 5) is 2.52. The highest BCUT2D eigenvalue weighted by Gasteiger charge is 2.28. The van der Waals surface area contributed by atoms with Crippen LogP contribution < -0.4 is 4.90 Å². The van der Waals surface area contributed by atoms with E-state index in [1.54, 1.807) is 0 Å². The SMILES string of the molecule is C=Cc1ccc(C2c3ccccc3CCN2c2ccccc2)cc1. The maximum absolute atomic E-state index is 3.86. The highest BCUT2D eigenvalue weighted by Crippen LogP contribution is 2.38. The number of rotatable bonds is 3. The number of fused-ring (bicyclic) bond motifs is 1. The summed E-state index contributed by atoms with van der Waals surface area (Å²) >= 11 is 0. The van der Waals surface area contributed by atoms with Crippen molar-refractivity contribution in [3.63, 3.8) is 0 Å². The van der Waals surface area contributed by atoms with E-state index in [2.05, 4.69) is 90.3 Å². The van der Waals surface area contributed by atoms with Crippen LogP contribution in [0.3, 0.4) is 0 Å². The zero-order chi connectivity index (χ0) is 16.4. The van der Waals surface area contributed by atoms with Gasteiger partial charge in [-0.05, 0) is 40.8 Å². The highest BCUT2D eigenvalue weighted by atomic mass is 15.2. The molecule has 0 aromatic heterocycles. The van der Waals surface area contributed by atoms with E-state index in [-0.39, 0.29) is 6.04 Å². The highest BCUT2D eigenvalue weighted by molar-refractivity contribution is 5.57. The predicted molar refractivity (Wildman–Crippen MR) is 102 cm³/mol. The minimum absolute atomic E-state index is 0.260. The average Bonchev–Trinajstić information content (AvgIpc) is 2.68. The van der Waals surface area contributed by atoms with E-state index >= 15 is 0 Å². The fourth-order valence-corrected chi connectivity index (χ4v) is 3.64. The van der Waals surface area contributed by atoms with E-state index in [1.807, 2.05) is 6.08 Å². The Kier molecular flexibility index (Phi) is 3.92. The Morgan fingerprint density at radius 2 is 1.54 bits per heavy atom. The van der Waals surface area contributed by atoms with Gasteiger partial charge in [0.2, 0.25) is 0 Å². The van der Waals surface area contributed by atoms with Crippen molar-refractivity contribution in [2.24, 2.45) is 0 Å². The first-order chi connectivity index (χ1) is 11.9. The van der Waals surface area contributed by atoms with E-state index in [0.717, 1.165) is 18.5 Å². The summed E-state index contributed by atoms with van der Waals surface area (Å²) in [5.41, 5.74) is 6.65. The van der Waals surface area contributed by atoms with Crippen LogP contribution in [0.25, 0.3) is 6.08 Å². The molecule has 118 valence electrons. The van der Waals surface area contributed by atoms with Gasteiger partial charge in [-0.3, -0.25) is 0 Å². The number of anilines is 1. The molecule has 0 spiro atoms. The molecule has 0 N–H and O–H groups in total. The second-order valence-corrected chi connectivity index (χ2v) is 6.25. The zero-order valence-corrected chi connectivity index (χ0v) is 13.7. The summed E-state index contributed by atoms with van der Waals surface area (Å²) in [7, 11) is 0. The Morgan fingerprint density at radius 3 is 2.29 bits per heavy atom. The van der Waals surface area contributed by atoms with Crippen LogP contribution in [0.2, 0.25) is 0 Å². The molecule has 1 unspecified atom stereocenters. The third-order valence-electron chi connectivity index (χ3n) is 4.86. The molecular formula is C23H21N. The van der Waals surface area contributed by atoms with Crippen LogP contribution in [0, 0.1) is 0 Å². The summed E-state index contributed by atoms with van der Waals surface area (Å²) in [5, 5.41) is 0. The lowest BCUT2D eigenvalue weighted by atomic mass is 9.87. The largest absolute Gasteiger partial charge is 0.360 e. The molecule has 0 amide bonds. The van der Waals surface area contributed by atoms with Crippen LogP contribution in [0.15, 0.2) is 85.4 Å². The topological polar surface area (TPSA) is 3.24 Å². The molecule has 4 rings (SSSR count). The van der Waals surface area contributed by atoms with Crippen molar-refractivity contribution in [1.29, 1.82) is 0 Å². The van der Waals surface area contributed by atoms with Crippen LogP contribution in [0.1, 0.15) is 28.3 Å². The van der Waals surface area contributed by atoms with Crippen molar-refractivity contribution in [2.75, 3.05) is 11.4 Å². The van der Waals surface area contributed by atoms with Crippen LogP contribution in [0.5, 0.6) is 0 Å². The first-order valence-electron chi connectivity index (χ1n) is 8.49. The van der Waals surface area contributed by atoms with Gasteiger partial charge in [0, 0.05) is 12.2 Å². The first-order valence-corrected chi connectivity index (χ1v) is 8.49. The number of hydrogen-bond acceptors (Lipinski definition) is 1. The molecule has 1 aliphatic heterocycles. The molecule has 0 radical (unpaired) electrons. The Hall–Kier alpha value is -2.80. The fraction of sp³-hybridized carbons (Fsp3) is 0.130. The second kappa shape index (κ2) is 6.37. The van der Waals surface area contributed by atoms with Crippen LogP contribution >= 0.6 is 0 Å². The quantitative estimate of drug-likeness (QED) is 0.619. The lowest BCUT2D eigenvalue weighted by Gasteiger charge is -2.39. The molecule has 1 heterocycles. The molecule has 3 aromatic carbocycles. The Morgan fingerprint density at radius 1 is 0.833 bits per heavy atom. The van der Waals surface area contributed by atoms with Crippen molar-refractivity contribution in [3.05, 3.63) is 108 Å². The van der Waals surface area contributed by atoms with E-state index in [0.29, 0.717) is 0 Å². The number of hydrogen-bond donors (Lipinski definition) is 0. The monoisotopic (exact) mass is 311 g/mol. The average molecular weight is 311 g/mol. The molecule has 1 heteroatoms. The Bertz CT molecular complexity index is 833. The van der Waals surface area contributed by atoms with Crippen LogP contribution in [-0.2, 0) is 6.42 Å². The van der Waals surface area contributed by atoms with Gasteiger partial charge < -0.3 is 4.90 Å². The number of benzene rings is 3. The molecule has 1 atom stereocenters. The van der Waals surface area contributed by atoms with Crippen LogP contribution in [0.4, 0.5) is 5.69 Å². The van der Waals surface area contributed by atoms with E-state index in [4.69, 9.17) is 0 Å². The maximum atomic E-state index is 3.86. The fourth-order valence-electron chi connectivity index (χ4n) is 3.64. The minimum atomic E-state index is 0.260. The number of para-hydroxylation sites is 1. The maximum Gasteiger partial charge on any atom is 0.0798 e. The molecule has 0 saturated carbocycles. The Balaban J connectivity index is 1.84. The molecule has 0 fully saturated rings. The third kappa shape index (κ3) is 2.63. The van der Waals surface area contributed by atoms with Crippen molar-refractivity contribution in [1.82, 2.24) is 0 Å². The summed E-state index contributed by atoms with van der Waals surface area (Å²) in [5.74, 6) is 0. The summed E-state index contributed by atoms with van der Waals surface area (Å²) in [6.45, 7) is 4.90. The smallest absolute Gasteiger partial charge is 0.0798 e. The van der Waals surface area contributed by atoms with Gasteiger partial charge in [0.25, 0.3) is 0 Å². The minimum Gasteiger partial charge on any atom is -0.360 e. The molecule has 0 saturated heterocycles. The van der Waals surface area contributed by atoms with Gasteiger partial charge in [-0.1, -0.05) is 79.4 Å². The van der Waals surface area contributed by atoms with Gasteiger partial charge in [0.05, 0.1) is 6.04 Å². The van der Waals surface area contributed by atoms with E-state index < -0.39 is 0 Å². The third-order valence-corrected chi connectivity index (χ3v) is 4.86.